The van der Waals surface area contributed by atoms with Gasteiger partial charge in [0, 0.05) is 24.3 Å². The second-order valence-corrected chi connectivity index (χ2v) is 7.26. The molecular weight excluding hydrogens is 328 g/mol. The zero-order chi connectivity index (χ0) is 17.9. The number of nitrogens with one attached hydrogen (secondary N) is 1. The van der Waals surface area contributed by atoms with Crippen molar-refractivity contribution in [2.24, 2.45) is 5.92 Å². The minimum Gasteiger partial charge on any atom is -0.459 e. The van der Waals surface area contributed by atoms with E-state index in [9.17, 15) is 9.59 Å². The first-order valence-corrected chi connectivity index (χ1v) is 9.49. The summed E-state index contributed by atoms with van der Waals surface area (Å²) < 4.78 is 5.22. The fourth-order valence-electron chi connectivity index (χ4n) is 4.08. The number of benzene rings is 1. The smallest absolute Gasteiger partial charge is 0.293 e. The molecule has 136 valence electrons. The molecule has 26 heavy (non-hydrogen) atoms. The summed E-state index contributed by atoms with van der Waals surface area (Å²) in [5.41, 5.74) is 2.79. The van der Waals surface area contributed by atoms with Crippen LogP contribution in [0.3, 0.4) is 0 Å². The van der Waals surface area contributed by atoms with E-state index in [1.807, 2.05) is 18.2 Å². The molecule has 5 heteroatoms. The van der Waals surface area contributed by atoms with Gasteiger partial charge in [0.25, 0.3) is 5.91 Å². The lowest BCUT2D eigenvalue weighted by atomic mass is 10.0. The number of furan rings is 1. The second kappa shape index (κ2) is 7.36. The van der Waals surface area contributed by atoms with E-state index >= 15 is 0 Å². The molecular formula is C21H24N2O3. The first-order valence-electron chi connectivity index (χ1n) is 9.49. The predicted octanol–water partition coefficient (Wildman–Crippen LogP) is 4.39. The highest BCUT2D eigenvalue weighted by molar-refractivity contribution is 6.05. The molecule has 5 nitrogen and oxygen atoms in total. The third-order valence-corrected chi connectivity index (χ3v) is 5.49. The maximum atomic E-state index is 12.5. The topological polar surface area (TPSA) is 62.6 Å². The average Bonchev–Trinajstić information content (AvgIpc) is 3.40. The third kappa shape index (κ3) is 3.52. The number of nitrogens with zero attached hydrogens (tertiary/aromatic N) is 1. The van der Waals surface area contributed by atoms with E-state index in [4.69, 9.17) is 4.42 Å². The summed E-state index contributed by atoms with van der Waals surface area (Å²) in [6, 6.07) is 9.17. The molecule has 0 atom stereocenters. The second-order valence-electron chi connectivity index (χ2n) is 7.26. The van der Waals surface area contributed by atoms with Crippen LogP contribution >= 0.6 is 0 Å². The van der Waals surface area contributed by atoms with Crippen LogP contribution in [0.5, 0.6) is 0 Å². The largest absolute Gasteiger partial charge is 0.459 e. The lowest BCUT2D eigenvalue weighted by molar-refractivity contribution is -0.116. The van der Waals surface area contributed by atoms with Gasteiger partial charge in [-0.05, 0) is 54.7 Å². The molecule has 2 heterocycles. The molecule has 0 spiro atoms. The van der Waals surface area contributed by atoms with Gasteiger partial charge in [0.2, 0.25) is 5.91 Å². The first-order chi connectivity index (χ1) is 12.7. The fraction of sp³-hybridized carbons (Fsp3) is 0.429. The first kappa shape index (κ1) is 16.9. The molecule has 1 aliphatic carbocycles. The van der Waals surface area contributed by atoms with E-state index in [1.54, 1.807) is 17.0 Å². The van der Waals surface area contributed by atoms with E-state index in [-0.39, 0.29) is 11.8 Å². The number of carbonyl (C=O) groups is 2. The zero-order valence-corrected chi connectivity index (χ0v) is 14.9. The van der Waals surface area contributed by atoms with Crippen LogP contribution in [0.4, 0.5) is 11.4 Å². The molecule has 4 rings (SSSR count). The van der Waals surface area contributed by atoms with E-state index in [0.717, 1.165) is 35.7 Å². The van der Waals surface area contributed by atoms with Crippen LogP contribution in [0.25, 0.3) is 0 Å². The van der Waals surface area contributed by atoms with Crippen LogP contribution < -0.4 is 10.2 Å². The summed E-state index contributed by atoms with van der Waals surface area (Å²) in [7, 11) is 0. The van der Waals surface area contributed by atoms with Gasteiger partial charge in [0.1, 0.15) is 0 Å². The fourth-order valence-corrected chi connectivity index (χ4v) is 4.08. The molecule has 2 aromatic rings. The summed E-state index contributed by atoms with van der Waals surface area (Å²) in [4.78, 5) is 26.5. The standard InChI is InChI=1S/C21H24N2O3/c24-20(10-7-15-4-1-2-5-15)22-17-8-9-18-16(14-17)11-12-23(18)21(25)19-6-3-13-26-19/h3,6,8-9,13-15H,1-2,4-5,7,10-12H2,(H,22,24). The van der Waals surface area contributed by atoms with Crippen LogP contribution in [0.1, 0.15) is 54.6 Å². The summed E-state index contributed by atoms with van der Waals surface area (Å²) in [6.45, 7) is 0.633. The molecule has 2 amide bonds. The Morgan fingerprint density at radius 1 is 1.19 bits per heavy atom. The normalized spacial score (nSPS) is 16.7. The van der Waals surface area contributed by atoms with Crippen molar-refractivity contribution in [2.75, 3.05) is 16.8 Å². The van der Waals surface area contributed by atoms with Gasteiger partial charge >= 0.3 is 0 Å². The van der Waals surface area contributed by atoms with Crippen LogP contribution in [-0.4, -0.2) is 18.4 Å². The maximum Gasteiger partial charge on any atom is 0.293 e. The van der Waals surface area contributed by atoms with Gasteiger partial charge in [-0.15, -0.1) is 0 Å². The van der Waals surface area contributed by atoms with Gasteiger partial charge in [-0.3, -0.25) is 9.59 Å². The Morgan fingerprint density at radius 2 is 2.04 bits per heavy atom. The third-order valence-electron chi connectivity index (χ3n) is 5.49. The Morgan fingerprint density at radius 3 is 2.81 bits per heavy atom. The van der Waals surface area contributed by atoms with Crippen LogP contribution in [0, 0.1) is 5.92 Å². The molecule has 0 bridgehead atoms. The molecule has 1 N–H and O–H groups in total. The van der Waals surface area contributed by atoms with Crippen molar-refractivity contribution in [2.45, 2.75) is 44.9 Å². The maximum absolute atomic E-state index is 12.5. The number of rotatable bonds is 5. The minimum atomic E-state index is -0.123. The number of hydrogen-bond acceptors (Lipinski definition) is 3. The molecule has 1 saturated carbocycles. The van der Waals surface area contributed by atoms with Crippen molar-refractivity contribution >= 4 is 23.2 Å². The van der Waals surface area contributed by atoms with Crippen LogP contribution in [0.15, 0.2) is 41.0 Å². The highest BCUT2D eigenvalue weighted by Crippen LogP contribution is 2.32. The van der Waals surface area contributed by atoms with Gasteiger partial charge in [0.15, 0.2) is 5.76 Å². The number of anilines is 2. The van der Waals surface area contributed by atoms with Crippen molar-refractivity contribution in [3.8, 4) is 0 Å². The Hall–Kier alpha value is -2.56. The van der Waals surface area contributed by atoms with Crippen LogP contribution in [-0.2, 0) is 11.2 Å². The van der Waals surface area contributed by atoms with Gasteiger partial charge in [-0.2, -0.15) is 0 Å². The molecule has 1 aliphatic heterocycles. The molecule has 0 unspecified atom stereocenters. The minimum absolute atomic E-state index is 0.0818. The SMILES string of the molecule is O=C(CCC1CCCC1)Nc1ccc2c(c1)CCN2C(=O)c1ccco1. The van der Waals surface area contributed by atoms with E-state index < -0.39 is 0 Å². The van der Waals surface area contributed by atoms with Crippen molar-refractivity contribution in [3.63, 3.8) is 0 Å². The lowest BCUT2D eigenvalue weighted by Gasteiger charge is -2.16. The molecule has 0 saturated heterocycles. The quantitative estimate of drug-likeness (QED) is 0.868. The van der Waals surface area contributed by atoms with Gasteiger partial charge in [-0.25, -0.2) is 0 Å². The summed E-state index contributed by atoms with van der Waals surface area (Å²) in [5, 5.41) is 3.01. The van der Waals surface area contributed by atoms with E-state index in [2.05, 4.69) is 5.32 Å². The Kier molecular flexibility index (Phi) is 4.78. The number of amides is 2. The Labute approximate surface area is 153 Å². The van der Waals surface area contributed by atoms with Gasteiger partial charge in [0.05, 0.1) is 6.26 Å². The molecule has 2 aliphatic rings. The summed E-state index contributed by atoms with van der Waals surface area (Å²) in [6.07, 6.45) is 9.03. The Bertz CT molecular complexity index is 792. The van der Waals surface area contributed by atoms with Crippen LogP contribution in [0.2, 0.25) is 0 Å². The van der Waals surface area contributed by atoms with Gasteiger partial charge < -0.3 is 14.6 Å². The molecule has 1 aromatic heterocycles. The number of fused-ring (bicyclic) bond motifs is 1. The van der Waals surface area contributed by atoms with Crippen molar-refractivity contribution in [1.29, 1.82) is 0 Å². The van der Waals surface area contributed by atoms with Crippen molar-refractivity contribution in [3.05, 3.63) is 47.9 Å². The highest BCUT2D eigenvalue weighted by Gasteiger charge is 2.27. The molecule has 1 fully saturated rings. The van der Waals surface area contributed by atoms with Crippen molar-refractivity contribution < 1.29 is 14.0 Å². The Balaban J connectivity index is 1.38. The monoisotopic (exact) mass is 352 g/mol. The number of carbonyl (C=O) groups excluding carboxylic acids is 2. The highest BCUT2D eigenvalue weighted by atomic mass is 16.3. The lowest BCUT2D eigenvalue weighted by Crippen LogP contribution is -2.28. The summed E-state index contributed by atoms with van der Waals surface area (Å²) in [5.74, 6) is 1.03. The predicted molar refractivity (Wildman–Crippen MR) is 100 cm³/mol. The summed E-state index contributed by atoms with van der Waals surface area (Å²) >= 11 is 0. The van der Waals surface area contributed by atoms with E-state index in [0.29, 0.717) is 18.7 Å². The molecule has 1 aromatic carbocycles. The van der Waals surface area contributed by atoms with E-state index in [1.165, 1.54) is 31.9 Å². The van der Waals surface area contributed by atoms with Gasteiger partial charge in [-0.1, -0.05) is 25.7 Å². The zero-order valence-electron chi connectivity index (χ0n) is 14.9. The molecule has 0 radical (unpaired) electrons. The van der Waals surface area contributed by atoms with Crippen molar-refractivity contribution in [1.82, 2.24) is 0 Å². The number of hydrogen-bond donors (Lipinski definition) is 1. The average molecular weight is 352 g/mol.